The zero-order valence-electron chi connectivity index (χ0n) is 13.2. The number of nitrogens with one attached hydrogen (secondary N) is 1. The molecule has 2 rings (SSSR count). The van der Waals surface area contributed by atoms with Crippen LogP contribution < -0.4 is 10.2 Å². The van der Waals surface area contributed by atoms with Gasteiger partial charge >= 0.3 is 0 Å². The van der Waals surface area contributed by atoms with E-state index in [4.69, 9.17) is 15.8 Å². The van der Waals surface area contributed by atoms with Crippen molar-refractivity contribution < 1.29 is 0 Å². The number of allylic oxidation sites excluding steroid dienone is 2. The van der Waals surface area contributed by atoms with Crippen molar-refractivity contribution in [1.82, 2.24) is 0 Å². The molecule has 1 aromatic rings. The summed E-state index contributed by atoms with van der Waals surface area (Å²) in [4.78, 5) is 2.21. The van der Waals surface area contributed by atoms with Gasteiger partial charge in [-0.1, -0.05) is 12.8 Å². The van der Waals surface area contributed by atoms with Crippen molar-refractivity contribution in [2.24, 2.45) is 0 Å². The van der Waals surface area contributed by atoms with Crippen LogP contribution in [0.25, 0.3) is 0 Å². The third-order valence-electron chi connectivity index (χ3n) is 3.92. The fraction of sp³-hybridized carbons (Fsp3) is 0.333. The Labute approximate surface area is 141 Å². The van der Waals surface area contributed by atoms with Gasteiger partial charge in [0.05, 0.1) is 11.3 Å². The van der Waals surface area contributed by atoms with E-state index >= 15 is 0 Å². The van der Waals surface area contributed by atoms with Crippen molar-refractivity contribution in [3.63, 3.8) is 0 Å². The molecule has 6 nitrogen and oxygen atoms in total. The largest absolute Gasteiger partial charge is 0.370 e. The van der Waals surface area contributed by atoms with Crippen LogP contribution in [0.3, 0.4) is 0 Å². The van der Waals surface area contributed by atoms with E-state index in [2.05, 4.69) is 16.3 Å². The molecule has 1 aromatic carbocycles. The summed E-state index contributed by atoms with van der Waals surface area (Å²) < 4.78 is 0. The maximum Gasteiger partial charge on any atom is 0.163 e. The monoisotopic (exact) mass is 316 g/mol. The second kappa shape index (κ2) is 8.23. The van der Waals surface area contributed by atoms with Gasteiger partial charge in [-0.2, -0.15) is 21.0 Å². The van der Waals surface area contributed by atoms with Gasteiger partial charge in [-0.05, 0) is 31.0 Å². The highest BCUT2D eigenvalue weighted by atomic mass is 15.1. The highest BCUT2D eigenvalue weighted by Gasteiger charge is 2.15. The minimum absolute atomic E-state index is 0.119. The van der Waals surface area contributed by atoms with E-state index in [1.807, 2.05) is 6.07 Å². The number of hydrogen-bond acceptors (Lipinski definition) is 6. The number of benzene rings is 1. The second-order valence-electron chi connectivity index (χ2n) is 5.46. The van der Waals surface area contributed by atoms with E-state index in [1.54, 1.807) is 30.3 Å². The molecular weight excluding hydrogens is 300 g/mol. The molecule has 0 amide bonds. The third-order valence-corrected chi connectivity index (χ3v) is 3.92. The molecule has 0 aromatic heterocycles. The summed E-state index contributed by atoms with van der Waals surface area (Å²) >= 11 is 0. The molecule has 6 heteroatoms. The molecule has 0 bridgehead atoms. The third kappa shape index (κ3) is 3.83. The summed E-state index contributed by atoms with van der Waals surface area (Å²) in [5.41, 5.74) is 1.49. The molecule has 1 N–H and O–H groups in total. The van der Waals surface area contributed by atoms with Crippen LogP contribution >= 0.6 is 0 Å². The molecule has 1 heterocycles. The summed E-state index contributed by atoms with van der Waals surface area (Å²) in [6, 6.07) is 12.6. The molecule has 0 saturated carbocycles. The number of nitriles is 4. The predicted octanol–water partition coefficient (Wildman–Crippen LogP) is 3.18. The van der Waals surface area contributed by atoms with Crippen LogP contribution in [0.4, 0.5) is 11.4 Å². The van der Waals surface area contributed by atoms with E-state index in [0.717, 1.165) is 31.6 Å². The minimum Gasteiger partial charge on any atom is -0.370 e. The van der Waals surface area contributed by atoms with Crippen molar-refractivity contribution in [2.45, 2.75) is 25.7 Å². The second-order valence-corrected chi connectivity index (χ2v) is 5.46. The van der Waals surface area contributed by atoms with Crippen molar-refractivity contribution in [1.29, 1.82) is 21.0 Å². The molecule has 0 atom stereocenters. The predicted molar refractivity (Wildman–Crippen MR) is 89.3 cm³/mol. The van der Waals surface area contributed by atoms with Crippen LogP contribution in [-0.4, -0.2) is 13.1 Å². The van der Waals surface area contributed by atoms with Gasteiger partial charge in [0.15, 0.2) is 5.57 Å². The number of nitrogens with zero attached hydrogens (tertiary/aromatic N) is 5. The van der Waals surface area contributed by atoms with Crippen molar-refractivity contribution >= 4 is 11.4 Å². The van der Waals surface area contributed by atoms with Crippen LogP contribution in [0.5, 0.6) is 0 Å². The molecule has 24 heavy (non-hydrogen) atoms. The Balaban J connectivity index is 2.31. The summed E-state index contributed by atoms with van der Waals surface area (Å²) in [6.45, 7) is 1.86. The number of anilines is 2. The fourth-order valence-electron chi connectivity index (χ4n) is 2.72. The van der Waals surface area contributed by atoms with Gasteiger partial charge in [-0.25, -0.2) is 0 Å². The lowest BCUT2D eigenvalue weighted by molar-refractivity contribution is 0.726. The standard InChI is InChI=1S/C18H16N6/c19-10-14-9-16(23-17(13-22)15(11-20)12-21)5-6-18(14)24-7-3-1-2-4-8-24/h5-6,9,23H,1-4,7-8H2. The topological polar surface area (TPSA) is 110 Å². The van der Waals surface area contributed by atoms with Gasteiger partial charge in [-0.15, -0.1) is 0 Å². The van der Waals surface area contributed by atoms with Gasteiger partial charge in [0.2, 0.25) is 0 Å². The first-order valence-corrected chi connectivity index (χ1v) is 7.74. The molecule has 0 spiro atoms. The first-order chi connectivity index (χ1) is 11.7. The molecule has 0 radical (unpaired) electrons. The van der Waals surface area contributed by atoms with Gasteiger partial charge < -0.3 is 10.2 Å². The maximum atomic E-state index is 9.45. The van der Waals surface area contributed by atoms with E-state index in [-0.39, 0.29) is 11.3 Å². The smallest absolute Gasteiger partial charge is 0.163 e. The summed E-state index contributed by atoms with van der Waals surface area (Å²) in [5, 5.41) is 39.0. The Morgan fingerprint density at radius 3 is 2.12 bits per heavy atom. The molecule has 0 unspecified atom stereocenters. The SMILES string of the molecule is N#CC(C#N)=C(C#N)Nc1ccc(N2CCCCCC2)c(C#N)c1. The van der Waals surface area contributed by atoms with Crippen LogP contribution in [0.15, 0.2) is 29.5 Å². The lowest BCUT2D eigenvalue weighted by Crippen LogP contribution is -2.24. The van der Waals surface area contributed by atoms with Crippen LogP contribution in [0, 0.1) is 45.3 Å². The van der Waals surface area contributed by atoms with Gasteiger partial charge in [0.1, 0.15) is 30.0 Å². The van der Waals surface area contributed by atoms with Crippen LogP contribution in [0.1, 0.15) is 31.2 Å². The van der Waals surface area contributed by atoms with E-state index in [1.165, 1.54) is 12.8 Å². The van der Waals surface area contributed by atoms with Crippen molar-refractivity contribution in [3.8, 4) is 24.3 Å². The average Bonchev–Trinajstić information content (AvgIpc) is 2.90. The van der Waals surface area contributed by atoms with Crippen molar-refractivity contribution in [2.75, 3.05) is 23.3 Å². The molecule has 1 aliphatic rings. The average molecular weight is 316 g/mol. The van der Waals surface area contributed by atoms with E-state index in [9.17, 15) is 5.26 Å². The highest BCUT2D eigenvalue weighted by molar-refractivity contribution is 5.68. The normalized spacial score (nSPS) is 13.4. The Kier molecular flexibility index (Phi) is 5.79. The molecule has 1 saturated heterocycles. The van der Waals surface area contributed by atoms with Crippen molar-refractivity contribution in [3.05, 3.63) is 35.0 Å². The van der Waals surface area contributed by atoms with Gasteiger partial charge in [0.25, 0.3) is 0 Å². The highest BCUT2D eigenvalue weighted by Crippen LogP contribution is 2.27. The summed E-state index contributed by atoms with van der Waals surface area (Å²) in [6.07, 6.45) is 4.64. The quantitative estimate of drug-likeness (QED) is 0.857. The number of hydrogen-bond donors (Lipinski definition) is 1. The molecule has 1 fully saturated rings. The molecule has 118 valence electrons. The summed E-state index contributed by atoms with van der Waals surface area (Å²) in [5.74, 6) is 0. The van der Waals surface area contributed by atoms with Gasteiger partial charge in [-0.3, -0.25) is 0 Å². The van der Waals surface area contributed by atoms with Crippen LogP contribution in [-0.2, 0) is 0 Å². The van der Waals surface area contributed by atoms with Crippen LogP contribution in [0.2, 0.25) is 0 Å². The maximum absolute atomic E-state index is 9.45. The van der Waals surface area contributed by atoms with E-state index in [0.29, 0.717) is 11.3 Å². The zero-order chi connectivity index (χ0) is 17.4. The lowest BCUT2D eigenvalue weighted by atomic mass is 10.1. The summed E-state index contributed by atoms with van der Waals surface area (Å²) in [7, 11) is 0. The first kappa shape index (κ1) is 16.9. The zero-order valence-corrected chi connectivity index (χ0v) is 13.2. The molecule has 1 aliphatic heterocycles. The molecular formula is C18H16N6. The minimum atomic E-state index is -0.285. The Morgan fingerprint density at radius 2 is 1.58 bits per heavy atom. The number of rotatable bonds is 3. The van der Waals surface area contributed by atoms with Gasteiger partial charge in [0, 0.05) is 18.8 Å². The lowest BCUT2D eigenvalue weighted by Gasteiger charge is -2.24. The van der Waals surface area contributed by atoms with E-state index < -0.39 is 0 Å². The Bertz CT molecular complexity index is 786. The Morgan fingerprint density at radius 1 is 0.917 bits per heavy atom. The Hall–Kier alpha value is -3.48. The first-order valence-electron chi connectivity index (χ1n) is 7.74. The fourth-order valence-corrected chi connectivity index (χ4v) is 2.72. The molecule has 0 aliphatic carbocycles.